The Bertz CT molecular complexity index is 974. The van der Waals surface area contributed by atoms with Crippen molar-refractivity contribution in [2.24, 2.45) is 0 Å². The van der Waals surface area contributed by atoms with Crippen LogP contribution in [-0.4, -0.2) is 30.3 Å². The predicted octanol–water partition coefficient (Wildman–Crippen LogP) is 4.04. The fourth-order valence-corrected chi connectivity index (χ4v) is 2.58. The number of nitrogens with one attached hydrogen (secondary N) is 2. The van der Waals surface area contributed by atoms with Crippen LogP contribution in [0.25, 0.3) is 0 Å². The zero-order valence-corrected chi connectivity index (χ0v) is 15.6. The lowest BCUT2D eigenvalue weighted by molar-refractivity contribution is 0.102. The molecule has 27 heavy (non-hydrogen) atoms. The van der Waals surface area contributed by atoms with E-state index in [9.17, 15) is 4.79 Å². The molecule has 0 aliphatic rings. The first-order chi connectivity index (χ1) is 13.0. The summed E-state index contributed by atoms with van der Waals surface area (Å²) in [6, 6.07) is 8.14. The van der Waals surface area contributed by atoms with E-state index in [0.717, 1.165) is 0 Å². The molecular weight excluding hydrogens is 372 g/mol. The van der Waals surface area contributed by atoms with Gasteiger partial charge in [-0.3, -0.25) is 4.79 Å². The number of anilines is 3. The number of hydrogen-bond acceptors (Lipinski definition) is 7. The molecule has 0 saturated heterocycles. The summed E-state index contributed by atoms with van der Waals surface area (Å²) < 4.78 is 15.5. The number of pyridine rings is 1. The third kappa shape index (κ3) is 4.29. The summed E-state index contributed by atoms with van der Waals surface area (Å²) in [5, 5.41) is 9.92. The predicted molar refractivity (Wildman–Crippen MR) is 101 cm³/mol. The van der Waals surface area contributed by atoms with Gasteiger partial charge in [-0.25, -0.2) is 4.98 Å². The SMILES string of the molecule is COc1cc(Nc2cc(C(=O)Nc3cc(C)on3)ccn2)c(OC)cc1Cl. The van der Waals surface area contributed by atoms with Crippen LogP contribution in [0.3, 0.4) is 0 Å². The molecule has 1 aromatic carbocycles. The first-order valence-corrected chi connectivity index (χ1v) is 8.27. The second kappa shape index (κ2) is 7.96. The molecule has 0 saturated carbocycles. The molecule has 2 N–H and O–H groups in total. The van der Waals surface area contributed by atoms with Crippen LogP contribution < -0.4 is 20.1 Å². The summed E-state index contributed by atoms with van der Waals surface area (Å²) in [4.78, 5) is 16.6. The number of halogens is 1. The molecule has 0 aliphatic carbocycles. The number of rotatable bonds is 6. The summed E-state index contributed by atoms with van der Waals surface area (Å²) in [6.45, 7) is 1.74. The molecule has 0 bridgehead atoms. The Hall–Kier alpha value is -3.26. The molecule has 9 heteroatoms. The number of ether oxygens (including phenoxy) is 2. The Morgan fingerprint density at radius 1 is 1.11 bits per heavy atom. The highest BCUT2D eigenvalue weighted by Crippen LogP contribution is 2.37. The Labute approximate surface area is 160 Å². The second-order valence-corrected chi connectivity index (χ2v) is 5.93. The molecule has 1 amide bonds. The third-order valence-electron chi connectivity index (χ3n) is 3.63. The Morgan fingerprint density at radius 2 is 1.89 bits per heavy atom. The van der Waals surface area contributed by atoms with Crippen LogP contribution in [0.4, 0.5) is 17.3 Å². The minimum absolute atomic E-state index is 0.339. The molecule has 0 fully saturated rings. The molecule has 3 aromatic rings. The van der Waals surface area contributed by atoms with Gasteiger partial charge in [0.25, 0.3) is 5.91 Å². The van der Waals surface area contributed by atoms with Crippen molar-refractivity contribution in [1.29, 1.82) is 0 Å². The van der Waals surface area contributed by atoms with Gasteiger partial charge in [-0.1, -0.05) is 16.8 Å². The van der Waals surface area contributed by atoms with Crippen LogP contribution in [0.15, 0.2) is 41.1 Å². The van der Waals surface area contributed by atoms with Gasteiger partial charge in [-0.05, 0) is 19.1 Å². The van der Waals surface area contributed by atoms with E-state index in [0.29, 0.717) is 45.2 Å². The number of hydrogen-bond donors (Lipinski definition) is 2. The van der Waals surface area contributed by atoms with Crippen LogP contribution in [0.1, 0.15) is 16.1 Å². The van der Waals surface area contributed by atoms with Crippen LogP contribution in [0, 0.1) is 6.92 Å². The first kappa shape index (κ1) is 18.5. The van der Waals surface area contributed by atoms with Gasteiger partial charge in [0.05, 0.1) is 24.9 Å². The minimum atomic E-state index is -0.339. The number of benzene rings is 1. The standard InChI is InChI=1S/C18H17ClN4O4/c1-10-6-17(23-27-10)22-18(24)11-4-5-20-16(7-11)21-13-9-14(25-2)12(19)8-15(13)26-3/h4-9H,1-3H3,(H,20,21)(H,22,23,24). The van der Waals surface area contributed by atoms with Crippen molar-refractivity contribution in [2.75, 3.05) is 24.9 Å². The highest BCUT2D eigenvalue weighted by molar-refractivity contribution is 6.32. The summed E-state index contributed by atoms with van der Waals surface area (Å²) in [7, 11) is 3.05. The molecule has 2 aromatic heterocycles. The van der Waals surface area contributed by atoms with Crippen LogP contribution in [-0.2, 0) is 0 Å². The topological polar surface area (TPSA) is 98.5 Å². The Balaban J connectivity index is 1.82. The molecular formula is C18H17ClN4O4. The van der Waals surface area contributed by atoms with Crippen LogP contribution >= 0.6 is 11.6 Å². The van der Waals surface area contributed by atoms with Crippen LogP contribution in [0.2, 0.25) is 5.02 Å². The number of methoxy groups -OCH3 is 2. The van der Waals surface area contributed by atoms with Gasteiger partial charge in [0, 0.05) is 30.0 Å². The van der Waals surface area contributed by atoms with Gasteiger partial charge in [0.1, 0.15) is 23.1 Å². The van der Waals surface area contributed by atoms with Gasteiger partial charge in [-0.15, -0.1) is 0 Å². The maximum Gasteiger partial charge on any atom is 0.257 e. The van der Waals surface area contributed by atoms with Crippen molar-refractivity contribution < 1.29 is 18.8 Å². The lowest BCUT2D eigenvalue weighted by Gasteiger charge is -2.14. The highest BCUT2D eigenvalue weighted by atomic mass is 35.5. The zero-order chi connectivity index (χ0) is 19.4. The fraction of sp³-hybridized carbons (Fsp3) is 0.167. The second-order valence-electron chi connectivity index (χ2n) is 5.52. The molecule has 0 unspecified atom stereocenters. The van der Waals surface area contributed by atoms with Crippen molar-refractivity contribution in [3.63, 3.8) is 0 Å². The minimum Gasteiger partial charge on any atom is -0.495 e. The number of aromatic nitrogens is 2. The summed E-state index contributed by atoms with van der Waals surface area (Å²) >= 11 is 6.11. The number of carbonyl (C=O) groups is 1. The smallest absolute Gasteiger partial charge is 0.257 e. The van der Waals surface area contributed by atoms with E-state index in [-0.39, 0.29) is 5.91 Å². The maximum absolute atomic E-state index is 12.4. The lowest BCUT2D eigenvalue weighted by Crippen LogP contribution is -2.12. The van der Waals surface area contributed by atoms with Gasteiger partial charge in [0.2, 0.25) is 0 Å². The van der Waals surface area contributed by atoms with E-state index < -0.39 is 0 Å². The van der Waals surface area contributed by atoms with E-state index in [1.807, 2.05) is 0 Å². The normalized spacial score (nSPS) is 10.4. The summed E-state index contributed by atoms with van der Waals surface area (Å²) in [5.41, 5.74) is 0.990. The average molecular weight is 389 g/mol. The van der Waals surface area contributed by atoms with Crippen molar-refractivity contribution >= 4 is 34.8 Å². The molecule has 2 heterocycles. The van der Waals surface area contributed by atoms with Crippen molar-refractivity contribution in [3.05, 3.63) is 52.9 Å². The Kier molecular flexibility index (Phi) is 5.46. The van der Waals surface area contributed by atoms with Crippen molar-refractivity contribution in [2.45, 2.75) is 6.92 Å². The van der Waals surface area contributed by atoms with Crippen molar-refractivity contribution in [1.82, 2.24) is 10.1 Å². The summed E-state index contributed by atoms with van der Waals surface area (Å²) in [5.74, 6) is 2.04. The number of amides is 1. The molecule has 8 nitrogen and oxygen atoms in total. The average Bonchev–Trinajstić information content (AvgIpc) is 3.07. The number of aryl methyl sites for hydroxylation is 1. The van der Waals surface area contributed by atoms with E-state index in [4.69, 9.17) is 25.6 Å². The summed E-state index contributed by atoms with van der Waals surface area (Å²) in [6.07, 6.45) is 1.52. The number of carbonyl (C=O) groups excluding carboxylic acids is 1. The first-order valence-electron chi connectivity index (χ1n) is 7.89. The highest BCUT2D eigenvalue weighted by Gasteiger charge is 2.13. The molecule has 0 radical (unpaired) electrons. The molecule has 0 spiro atoms. The number of nitrogens with zero attached hydrogens (tertiary/aromatic N) is 2. The van der Waals surface area contributed by atoms with Gasteiger partial charge >= 0.3 is 0 Å². The lowest BCUT2D eigenvalue weighted by atomic mass is 10.2. The van der Waals surface area contributed by atoms with Gasteiger partial charge in [0.15, 0.2) is 5.82 Å². The Morgan fingerprint density at radius 3 is 2.56 bits per heavy atom. The fourth-order valence-electron chi connectivity index (χ4n) is 2.35. The zero-order valence-electron chi connectivity index (χ0n) is 14.9. The quantitative estimate of drug-likeness (QED) is 0.657. The molecule has 0 aliphatic heterocycles. The maximum atomic E-state index is 12.4. The van der Waals surface area contributed by atoms with E-state index in [1.165, 1.54) is 20.4 Å². The van der Waals surface area contributed by atoms with Gasteiger partial charge < -0.3 is 24.6 Å². The van der Waals surface area contributed by atoms with E-state index in [1.54, 1.807) is 37.3 Å². The molecule has 3 rings (SSSR count). The van der Waals surface area contributed by atoms with Gasteiger partial charge in [-0.2, -0.15) is 0 Å². The van der Waals surface area contributed by atoms with Crippen molar-refractivity contribution in [3.8, 4) is 11.5 Å². The van der Waals surface area contributed by atoms with Crippen LogP contribution in [0.5, 0.6) is 11.5 Å². The largest absolute Gasteiger partial charge is 0.495 e. The molecule has 140 valence electrons. The third-order valence-corrected chi connectivity index (χ3v) is 3.92. The van der Waals surface area contributed by atoms with E-state index in [2.05, 4.69) is 20.8 Å². The van der Waals surface area contributed by atoms with E-state index >= 15 is 0 Å². The monoisotopic (exact) mass is 388 g/mol. The molecule has 0 atom stereocenters.